The fourth-order valence-corrected chi connectivity index (χ4v) is 1.51. The molecule has 0 fully saturated rings. The molecule has 17 heavy (non-hydrogen) atoms. The molecule has 0 unspecified atom stereocenters. The van der Waals surface area contributed by atoms with Gasteiger partial charge in [-0.05, 0) is 24.3 Å². The van der Waals surface area contributed by atoms with Gasteiger partial charge < -0.3 is 10.5 Å². The highest BCUT2D eigenvalue weighted by Crippen LogP contribution is 2.17. The fraction of sp³-hybridized carbons (Fsp3) is 0.0909. The van der Waals surface area contributed by atoms with E-state index in [9.17, 15) is 4.79 Å². The number of rotatable bonds is 2. The Kier molecular flexibility index (Phi) is 3.01. The van der Waals surface area contributed by atoms with Crippen LogP contribution in [-0.2, 0) is 4.74 Å². The zero-order chi connectivity index (χ0) is 12.4. The second-order valence-electron chi connectivity index (χ2n) is 3.33. The van der Waals surface area contributed by atoms with Crippen molar-refractivity contribution in [3.05, 3.63) is 41.0 Å². The molecule has 1 heterocycles. The molecule has 0 amide bonds. The number of hydrogen-bond donors (Lipinski definition) is 1. The lowest BCUT2D eigenvalue weighted by Crippen LogP contribution is -2.05. The van der Waals surface area contributed by atoms with E-state index in [0.29, 0.717) is 10.8 Å². The molecule has 6 heteroatoms. The maximum atomic E-state index is 11.3. The molecule has 0 aliphatic carbocycles. The van der Waals surface area contributed by atoms with Crippen LogP contribution >= 0.6 is 11.6 Å². The van der Waals surface area contributed by atoms with E-state index in [-0.39, 0.29) is 5.69 Å². The van der Waals surface area contributed by atoms with Crippen molar-refractivity contribution in [2.75, 3.05) is 12.8 Å². The highest BCUT2D eigenvalue weighted by molar-refractivity contribution is 6.30. The Bertz CT molecular complexity index is 548. The van der Waals surface area contributed by atoms with Crippen LogP contribution in [0.2, 0.25) is 5.02 Å². The Balaban J connectivity index is 2.42. The van der Waals surface area contributed by atoms with E-state index >= 15 is 0 Å². The van der Waals surface area contributed by atoms with E-state index in [0.717, 1.165) is 5.69 Å². The van der Waals surface area contributed by atoms with E-state index in [1.165, 1.54) is 17.9 Å². The summed E-state index contributed by atoms with van der Waals surface area (Å²) in [5, 5.41) is 4.67. The molecular weight excluding hydrogens is 242 g/mol. The Labute approximate surface area is 103 Å². The number of carbonyl (C=O) groups excluding carboxylic acids is 1. The molecule has 1 aromatic carbocycles. The van der Waals surface area contributed by atoms with Gasteiger partial charge in [0.05, 0.1) is 12.8 Å². The minimum atomic E-state index is -0.524. The third-order valence-corrected chi connectivity index (χ3v) is 2.45. The van der Waals surface area contributed by atoms with Crippen molar-refractivity contribution in [3.8, 4) is 5.69 Å². The number of hydrogen-bond acceptors (Lipinski definition) is 4. The van der Waals surface area contributed by atoms with E-state index in [1.54, 1.807) is 24.3 Å². The highest BCUT2D eigenvalue weighted by Gasteiger charge is 2.13. The minimum absolute atomic E-state index is 0.167. The molecule has 0 bridgehead atoms. The predicted molar refractivity (Wildman–Crippen MR) is 64.3 cm³/mol. The summed E-state index contributed by atoms with van der Waals surface area (Å²) in [7, 11) is 1.29. The van der Waals surface area contributed by atoms with Crippen molar-refractivity contribution < 1.29 is 9.53 Å². The molecule has 2 N–H and O–H groups in total. The van der Waals surface area contributed by atoms with Crippen LogP contribution in [0.3, 0.4) is 0 Å². The van der Waals surface area contributed by atoms with Crippen LogP contribution in [0.15, 0.2) is 30.3 Å². The third kappa shape index (κ3) is 2.24. The van der Waals surface area contributed by atoms with Gasteiger partial charge in [0, 0.05) is 11.1 Å². The first-order valence-electron chi connectivity index (χ1n) is 4.81. The number of carbonyl (C=O) groups is 1. The van der Waals surface area contributed by atoms with Gasteiger partial charge in [0.2, 0.25) is 0 Å². The summed E-state index contributed by atoms with van der Waals surface area (Å²) in [5.74, 6) is -0.169. The largest absolute Gasteiger partial charge is 0.464 e. The van der Waals surface area contributed by atoms with Crippen molar-refractivity contribution in [3.63, 3.8) is 0 Å². The van der Waals surface area contributed by atoms with Crippen LogP contribution in [-0.4, -0.2) is 22.9 Å². The number of methoxy groups -OCH3 is 1. The summed E-state index contributed by atoms with van der Waals surface area (Å²) in [6.45, 7) is 0. The van der Waals surface area contributed by atoms with Crippen molar-refractivity contribution in [1.29, 1.82) is 0 Å². The number of nitrogens with zero attached hydrogens (tertiary/aromatic N) is 2. The van der Waals surface area contributed by atoms with Crippen molar-refractivity contribution in [1.82, 2.24) is 9.78 Å². The monoisotopic (exact) mass is 251 g/mol. The van der Waals surface area contributed by atoms with Gasteiger partial charge in [0.25, 0.3) is 0 Å². The molecule has 88 valence electrons. The average Bonchev–Trinajstić information content (AvgIpc) is 2.71. The van der Waals surface area contributed by atoms with Gasteiger partial charge in [-0.15, -0.1) is 0 Å². The Morgan fingerprint density at radius 2 is 2.06 bits per heavy atom. The smallest absolute Gasteiger partial charge is 0.358 e. The summed E-state index contributed by atoms with van der Waals surface area (Å²) in [5.41, 5.74) is 6.65. The van der Waals surface area contributed by atoms with Crippen LogP contribution < -0.4 is 5.73 Å². The zero-order valence-electron chi connectivity index (χ0n) is 9.05. The molecule has 0 aliphatic rings. The predicted octanol–water partition coefficient (Wildman–Crippen LogP) is 1.89. The number of halogens is 1. The second kappa shape index (κ2) is 4.47. The molecule has 0 saturated carbocycles. The van der Waals surface area contributed by atoms with Gasteiger partial charge in [-0.2, -0.15) is 5.10 Å². The Hall–Kier alpha value is -2.01. The number of esters is 1. The average molecular weight is 252 g/mol. The van der Waals surface area contributed by atoms with Gasteiger partial charge in [-0.3, -0.25) is 0 Å². The van der Waals surface area contributed by atoms with Gasteiger partial charge >= 0.3 is 5.97 Å². The van der Waals surface area contributed by atoms with Gasteiger partial charge in [-0.1, -0.05) is 11.6 Å². The summed E-state index contributed by atoms with van der Waals surface area (Å²) < 4.78 is 6.02. The number of anilines is 1. The SMILES string of the molecule is COC(=O)c1cc(N)n(-c2ccc(Cl)cc2)n1. The lowest BCUT2D eigenvalue weighted by molar-refractivity contribution is 0.0593. The first-order chi connectivity index (χ1) is 8.11. The van der Waals surface area contributed by atoms with Crippen LogP contribution in [0.4, 0.5) is 5.82 Å². The van der Waals surface area contributed by atoms with E-state index in [4.69, 9.17) is 17.3 Å². The lowest BCUT2D eigenvalue weighted by atomic mass is 10.3. The second-order valence-corrected chi connectivity index (χ2v) is 3.77. The molecule has 2 aromatic rings. The summed E-state index contributed by atoms with van der Waals surface area (Å²) in [6.07, 6.45) is 0. The third-order valence-electron chi connectivity index (χ3n) is 2.20. The summed E-state index contributed by atoms with van der Waals surface area (Å²) in [4.78, 5) is 11.3. The maximum Gasteiger partial charge on any atom is 0.358 e. The number of ether oxygens (including phenoxy) is 1. The topological polar surface area (TPSA) is 70.1 Å². The first-order valence-corrected chi connectivity index (χ1v) is 5.19. The summed E-state index contributed by atoms with van der Waals surface area (Å²) >= 11 is 5.78. The molecule has 1 aromatic heterocycles. The standard InChI is InChI=1S/C11H10ClN3O2/c1-17-11(16)9-6-10(13)15(14-9)8-4-2-7(12)3-5-8/h2-6H,13H2,1H3. The van der Waals surface area contributed by atoms with Crippen LogP contribution in [0.25, 0.3) is 5.69 Å². The summed E-state index contributed by atoms with van der Waals surface area (Å²) in [6, 6.07) is 8.41. The van der Waals surface area contributed by atoms with Crippen LogP contribution in [0, 0.1) is 0 Å². The van der Waals surface area contributed by atoms with Crippen molar-refractivity contribution in [2.45, 2.75) is 0 Å². The van der Waals surface area contributed by atoms with Gasteiger partial charge in [0.15, 0.2) is 5.69 Å². The Morgan fingerprint density at radius 3 is 2.65 bits per heavy atom. The molecule has 0 spiro atoms. The van der Waals surface area contributed by atoms with Gasteiger partial charge in [0.1, 0.15) is 5.82 Å². The Morgan fingerprint density at radius 1 is 1.41 bits per heavy atom. The molecule has 0 aliphatic heterocycles. The fourth-order valence-electron chi connectivity index (χ4n) is 1.39. The lowest BCUT2D eigenvalue weighted by Gasteiger charge is -2.03. The number of nitrogen functional groups attached to an aromatic ring is 1. The van der Waals surface area contributed by atoms with Crippen molar-refractivity contribution in [2.24, 2.45) is 0 Å². The van der Waals surface area contributed by atoms with E-state index < -0.39 is 5.97 Å². The number of benzene rings is 1. The molecule has 0 saturated heterocycles. The quantitative estimate of drug-likeness (QED) is 0.828. The van der Waals surface area contributed by atoms with Gasteiger partial charge in [-0.25, -0.2) is 9.48 Å². The van der Waals surface area contributed by atoms with Crippen molar-refractivity contribution >= 4 is 23.4 Å². The van der Waals surface area contributed by atoms with Crippen LogP contribution in [0.5, 0.6) is 0 Å². The van der Waals surface area contributed by atoms with Crippen LogP contribution in [0.1, 0.15) is 10.5 Å². The normalized spacial score (nSPS) is 10.2. The van der Waals surface area contributed by atoms with E-state index in [1.807, 2.05) is 0 Å². The molecule has 0 atom stereocenters. The molecule has 0 radical (unpaired) electrons. The highest BCUT2D eigenvalue weighted by atomic mass is 35.5. The zero-order valence-corrected chi connectivity index (χ0v) is 9.81. The molecule has 2 rings (SSSR count). The first kappa shape index (κ1) is 11.5. The number of aromatic nitrogens is 2. The molecular formula is C11H10ClN3O2. The minimum Gasteiger partial charge on any atom is -0.464 e. The maximum absolute atomic E-state index is 11.3. The number of nitrogens with two attached hydrogens (primary N) is 1. The molecule has 5 nitrogen and oxygen atoms in total. The van der Waals surface area contributed by atoms with E-state index in [2.05, 4.69) is 9.84 Å².